The van der Waals surface area contributed by atoms with E-state index < -0.39 is 0 Å². The van der Waals surface area contributed by atoms with Crippen molar-refractivity contribution < 1.29 is 0 Å². The van der Waals surface area contributed by atoms with Crippen LogP contribution >= 0.6 is 11.3 Å². The van der Waals surface area contributed by atoms with Gasteiger partial charge in [0.05, 0.1) is 5.39 Å². The fourth-order valence-electron chi connectivity index (χ4n) is 3.12. The van der Waals surface area contributed by atoms with Crippen LogP contribution in [0.1, 0.15) is 18.1 Å². The van der Waals surface area contributed by atoms with Crippen LogP contribution in [-0.2, 0) is 6.42 Å². The van der Waals surface area contributed by atoms with Gasteiger partial charge >= 0.3 is 0 Å². The minimum absolute atomic E-state index is 0.870. The van der Waals surface area contributed by atoms with Crippen molar-refractivity contribution in [3.8, 4) is 11.1 Å². The summed E-state index contributed by atoms with van der Waals surface area (Å²) in [6.07, 6.45) is 2.62. The van der Waals surface area contributed by atoms with E-state index in [-0.39, 0.29) is 0 Å². The zero-order valence-electron chi connectivity index (χ0n) is 14.3. The summed E-state index contributed by atoms with van der Waals surface area (Å²) >= 11 is 1.66. The Bertz CT molecular complexity index is 1020. The highest BCUT2D eigenvalue weighted by Crippen LogP contribution is 2.38. The normalized spacial score (nSPS) is 11.0. The Morgan fingerprint density at radius 2 is 1.84 bits per heavy atom. The number of nitrogens with one attached hydrogen (secondary N) is 1. The average molecular weight is 345 g/mol. The molecule has 0 aliphatic rings. The van der Waals surface area contributed by atoms with Gasteiger partial charge in [-0.15, -0.1) is 11.3 Å². The van der Waals surface area contributed by atoms with Gasteiger partial charge in [-0.1, -0.05) is 55.5 Å². The highest BCUT2D eigenvalue weighted by molar-refractivity contribution is 7.17. The third-order valence-electron chi connectivity index (χ3n) is 4.44. The molecule has 4 heteroatoms. The van der Waals surface area contributed by atoms with E-state index in [4.69, 9.17) is 0 Å². The van der Waals surface area contributed by atoms with Crippen LogP contribution in [0.4, 0.5) is 11.5 Å². The van der Waals surface area contributed by atoms with Crippen molar-refractivity contribution in [2.75, 3.05) is 5.32 Å². The van der Waals surface area contributed by atoms with E-state index in [0.29, 0.717) is 0 Å². The van der Waals surface area contributed by atoms with Crippen LogP contribution < -0.4 is 5.32 Å². The molecule has 2 heterocycles. The van der Waals surface area contributed by atoms with E-state index in [1.54, 1.807) is 17.7 Å². The Morgan fingerprint density at radius 3 is 2.64 bits per heavy atom. The molecule has 0 unspecified atom stereocenters. The number of anilines is 2. The van der Waals surface area contributed by atoms with Gasteiger partial charge in [0.1, 0.15) is 17.0 Å². The lowest BCUT2D eigenvalue weighted by molar-refractivity contribution is 1.13. The predicted octanol–water partition coefficient (Wildman–Crippen LogP) is 5.97. The van der Waals surface area contributed by atoms with Crippen molar-refractivity contribution in [2.24, 2.45) is 0 Å². The Balaban J connectivity index is 1.88. The Labute approximate surface area is 151 Å². The summed E-state index contributed by atoms with van der Waals surface area (Å²) < 4.78 is 0. The number of hydrogen-bond donors (Lipinski definition) is 1. The second-order valence-electron chi connectivity index (χ2n) is 6.01. The van der Waals surface area contributed by atoms with Gasteiger partial charge < -0.3 is 5.32 Å². The fraction of sp³-hybridized carbons (Fsp3) is 0.143. The summed E-state index contributed by atoms with van der Waals surface area (Å²) in [5.41, 5.74) is 6.03. The maximum Gasteiger partial charge on any atom is 0.143 e. The van der Waals surface area contributed by atoms with Crippen molar-refractivity contribution in [3.05, 3.63) is 71.4 Å². The number of nitrogens with zero attached hydrogens (tertiary/aromatic N) is 2. The Kier molecular flexibility index (Phi) is 4.20. The molecule has 0 fully saturated rings. The minimum Gasteiger partial charge on any atom is -0.339 e. The van der Waals surface area contributed by atoms with E-state index in [1.807, 2.05) is 6.07 Å². The molecule has 3 nitrogen and oxygen atoms in total. The molecule has 124 valence electrons. The summed E-state index contributed by atoms with van der Waals surface area (Å²) in [6, 6.07) is 16.8. The summed E-state index contributed by atoms with van der Waals surface area (Å²) in [4.78, 5) is 10.0. The summed E-state index contributed by atoms with van der Waals surface area (Å²) in [5, 5.41) is 6.84. The zero-order chi connectivity index (χ0) is 17.2. The van der Waals surface area contributed by atoms with Gasteiger partial charge in [0.15, 0.2) is 0 Å². The molecular formula is C21H19N3S. The van der Waals surface area contributed by atoms with Crippen LogP contribution in [0.5, 0.6) is 0 Å². The molecule has 0 radical (unpaired) electrons. The maximum atomic E-state index is 4.56. The molecule has 2 aromatic carbocycles. The second-order valence-corrected chi connectivity index (χ2v) is 6.86. The lowest BCUT2D eigenvalue weighted by Crippen LogP contribution is -2.01. The molecule has 2 aromatic heterocycles. The van der Waals surface area contributed by atoms with Crippen LogP contribution in [-0.4, -0.2) is 9.97 Å². The predicted molar refractivity (Wildman–Crippen MR) is 107 cm³/mol. The number of aromatic nitrogens is 2. The van der Waals surface area contributed by atoms with E-state index in [2.05, 4.69) is 77.0 Å². The Morgan fingerprint density at radius 1 is 1.00 bits per heavy atom. The van der Waals surface area contributed by atoms with Crippen LogP contribution in [0.15, 0.2) is 60.2 Å². The lowest BCUT2D eigenvalue weighted by atomic mass is 10.0. The molecular weight excluding hydrogens is 326 g/mol. The average Bonchev–Trinajstić information content (AvgIpc) is 3.09. The molecule has 0 saturated heterocycles. The number of benzene rings is 2. The molecule has 0 aliphatic carbocycles. The maximum absolute atomic E-state index is 4.56. The molecule has 0 aliphatic heterocycles. The molecule has 1 N–H and O–H groups in total. The number of aryl methyl sites for hydroxylation is 2. The zero-order valence-corrected chi connectivity index (χ0v) is 15.1. The smallest absolute Gasteiger partial charge is 0.143 e. The summed E-state index contributed by atoms with van der Waals surface area (Å²) in [5.74, 6) is 0.870. The number of para-hydroxylation sites is 1. The van der Waals surface area contributed by atoms with Crippen molar-refractivity contribution in [2.45, 2.75) is 20.3 Å². The van der Waals surface area contributed by atoms with Gasteiger partial charge in [0.25, 0.3) is 0 Å². The van der Waals surface area contributed by atoms with E-state index in [1.165, 1.54) is 22.3 Å². The third-order valence-corrected chi connectivity index (χ3v) is 5.32. The first-order chi connectivity index (χ1) is 12.3. The van der Waals surface area contributed by atoms with Crippen molar-refractivity contribution in [1.29, 1.82) is 0 Å². The number of rotatable bonds is 4. The number of hydrogen-bond acceptors (Lipinski definition) is 4. The molecule has 0 atom stereocenters. The van der Waals surface area contributed by atoms with Crippen molar-refractivity contribution in [3.63, 3.8) is 0 Å². The summed E-state index contributed by atoms with van der Waals surface area (Å²) in [7, 11) is 0. The molecule has 4 aromatic rings. The molecule has 4 rings (SSSR count). The largest absolute Gasteiger partial charge is 0.339 e. The minimum atomic E-state index is 0.870. The number of fused-ring (bicyclic) bond motifs is 1. The lowest BCUT2D eigenvalue weighted by Gasteiger charge is -2.14. The first kappa shape index (κ1) is 15.8. The summed E-state index contributed by atoms with van der Waals surface area (Å²) in [6.45, 7) is 4.31. The SMILES string of the molecule is CCc1cccc(C)c1Nc1ncnc2scc(-c3ccccc3)c12. The van der Waals surface area contributed by atoms with Crippen LogP contribution in [0.2, 0.25) is 0 Å². The van der Waals surface area contributed by atoms with Gasteiger partial charge in [0, 0.05) is 16.6 Å². The fourth-order valence-corrected chi connectivity index (χ4v) is 4.04. The van der Waals surface area contributed by atoms with Crippen LogP contribution in [0, 0.1) is 6.92 Å². The molecule has 0 spiro atoms. The van der Waals surface area contributed by atoms with Gasteiger partial charge in [-0.2, -0.15) is 0 Å². The van der Waals surface area contributed by atoms with E-state index in [9.17, 15) is 0 Å². The van der Waals surface area contributed by atoms with Crippen molar-refractivity contribution in [1.82, 2.24) is 9.97 Å². The second kappa shape index (κ2) is 6.65. The third kappa shape index (κ3) is 2.89. The number of thiophene rings is 1. The van der Waals surface area contributed by atoms with E-state index >= 15 is 0 Å². The topological polar surface area (TPSA) is 37.8 Å². The van der Waals surface area contributed by atoms with Crippen molar-refractivity contribution >= 4 is 33.1 Å². The molecule has 25 heavy (non-hydrogen) atoms. The van der Waals surface area contributed by atoms with Gasteiger partial charge in [-0.05, 0) is 30.0 Å². The van der Waals surface area contributed by atoms with Crippen LogP contribution in [0.3, 0.4) is 0 Å². The van der Waals surface area contributed by atoms with Gasteiger partial charge in [0.2, 0.25) is 0 Å². The van der Waals surface area contributed by atoms with E-state index in [0.717, 1.165) is 28.1 Å². The highest BCUT2D eigenvalue weighted by atomic mass is 32.1. The van der Waals surface area contributed by atoms with Gasteiger partial charge in [-0.25, -0.2) is 9.97 Å². The van der Waals surface area contributed by atoms with Gasteiger partial charge in [-0.3, -0.25) is 0 Å². The molecule has 0 bridgehead atoms. The first-order valence-corrected chi connectivity index (χ1v) is 9.29. The van der Waals surface area contributed by atoms with Crippen LogP contribution in [0.25, 0.3) is 21.3 Å². The monoisotopic (exact) mass is 345 g/mol. The first-order valence-electron chi connectivity index (χ1n) is 8.41. The highest BCUT2D eigenvalue weighted by Gasteiger charge is 2.14. The standard InChI is InChI=1S/C21H19N3S/c1-3-15-11-7-8-14(2)19(15)24-20-18-17(16-9-5-4-6-10-16)12-25-21(18)23-13-22-20/h4-13H,3H2,1-2H3,(H,22,23,24). The molecule has 0 saturated carbocycles. The molecule has 0 amide bonds. The Hall–Kier alpha value is -2.72. The quantitative estimate of drug-likeness (QED) is 0.495.